The second-order valence-corrected chi connectivity index (χ2v) is 4.75. The van der Waals surface area contributed by atoms with Gasteiger partial charge in [0.15, 0.2) is 0 Å². The molecule has 0 saturated carbocycles. The maximum Gasteiger partial charge on any atom is 0.316 e. The Morgan fingerprint density at radius 3 is 2.50 bits per heavy atom. The first kappa shape index (κ1) is 14.2. The molecule has 0 aliphatic heterocycles. The minimum absolute atomic E-state index is 0.256. The van der Waals surface area contributed by atoms with Gasteiger partial charge in [-0.1, -0.05) is 0 Å². The van der Waals surface area contributed by atoms with Crippen LogP contribution in [0.25, 0.3) is 0 Å². The van der Waals surface area contributed by atoms with Gasteiger partial charge in [-0.3, -0.25) is 13.8 Å². The number of carboxylic acids is 1. The van der Waals surface area contributed by atoms with Gasteiger partial charge >= 0.3 is 5.97 Å². The normalized spacial score (nSPS) is 11.9. The number of carbonyl (C=O) groups is 2. The second-order valence-electron chi connectivity index (χ2n) is 3.29. The third kappa shape index (κ3) is 4.58. The number of carboxylic acid groups (broad SMARTS) is 1. The molecule has 0 radical (unpaired) electrons. The Labute approximate surface area is 103 Å². The summed E-state index contributed by atoms with van der Waals surface area (Å²) in [6.45, 7) is 0. The van der Waals surface area contributed by atoms with Crippen LogP contribution in [0.2, 0.25) is 0 Å². The molecule has 0 aliphatic rings. The lowest BCUT2D eigenvalue weighted by molar-refractivity contribution is -0.133. The molecule has 18 heavy (non-hydrogen) atoms. The van der Waals surface area contributed by atoms with E-state index >= 15 is 0 Å². The second kappa shape index (κ2) is 6.20. The summed E-state index contributed by atoms with van der Waals surface area (Å²) in [5, 5.41) is 10.4. The van der Waals surface area contributed by atoms with E-state index in [0.29, 0.717) is 6.07 Å². The SMILES string of the molecule is O=C(O)C[S@@](=O)CC(=O)Nc1ccc(F)cc1F. The zero-order chi connectivity index (χ0) is 13.7. The van der Waals surface area contributed by atoms with Crippen LogP contribution in [0.4, 0.5) is 14.5 Å². The minimum atomic E-state index is -1.87. The zero-order valence-electron chi connectivity index (χ0n) is 8.98. The van der Waals surface area contributed by atoms with Gasteiger partial charge in [0.1, 0.15) is 23.1 Å². The molecule has 2 N–H and O–H groups in total. The molecule has 5 nitrogen and oxygen atoms in total. The Bertz CT molecular complexity index is 507. The van der Waals surface area contributed by atoms with Crippen molar-refractivity contribution in [3.8, 4) is 0 Å². The number of benzene rings is 1. The predicted molar refractivity (Wildman–Crippen MR) is 60.5 cm³/mol. The van der Waals surface area contributed by atoms with Crippen molar-refractivity contribution in [1.82, 2.24) is 0 Å². The van der Waals surface area contributed by atoms with E-state index in [2.05, 4.69) is 5.32 Å². The summed E-state index contributed by atoms with van der Waals surface area (Å²) in [6.07, 6.45) is 0. The molecule has 0 bridgehead atoms. The molecular formula is C10H9F2NO4S. The van der Waals surface area contributed by atoms with Gasteiger partial charge in [-0.25, -0.2) is 8.78 Å². The van der Waals surface area contributed by atoms with E-state index in [4.69, 9.17) is 5.11 Å². The lowest BCUT2D eigenvalue weighted by atomic mass is 10.3. The number of halogens is 2. The van der Waals surface area contributed by atoms with Crippen molar-refractivity contribution in [2.24, 2.45) is 0 Å². The van der Waals surface area contributed by atoms with E-state index < -0.39 is 45.8 Å². The van der Waals surface area contributed by atoms with E-state index in [1.54, 1.807) is 0 Å². The molecule has 0 fully saturated rings. The van der Waals surface area contributed by atoms with Gasteiger partial charge in [0.05, 0.1) is 5.69 Å². The lowest BCUT2D eigenvalue weighted by Gasteiger charge is -2.05. The molecule has 1 amide bonds. The lowest BCUT2D eigenvalue weighted by Crippen LogP contribution is -2.23. The average molecular weight is 277 g/mol. The molecule has 1 aromatic carbocycles. The molecule has 0 heterocycles. The van der Waals surface area contributed by atoms with Gasteiger partial charge in [0, 0.05) is 16.9 Å². The molecule has 0 aromatic heterocycles. The third-order valence-corrected chi connectivity index (χ3v) is 2.93. The Balaban J connectivity index is 2.59. The number of aliphatic carboxylic acids is 1. The highest BCUT2D eigenvalue weighted by Gasteiger charge is 2.13. The predicted octanol–water partition coefficient (Wildman–Crippen LogP) is 0.737. The summed E-state index contributed by atoms with van der Waals surface area (Å²) in [5.41, 5.74) is -0.256. The monoisotopic (exact) mass is 277 g/mol. The summed E-state index contributed by atoms with van der Waals surface area (Å²) in [5.74, 6) is -5.09. The van der Waals surface area contributed by atoms with Gasteiger partial charge in [0.25, 0.3) is 0 Å². The summed E-state index contributed by atoms with van der Waals surface area (Å²) in [7, 11) is -1.87. The molecule has 1 aromatic rings. The smallest absolute Gasteiger partial charge is 0.316 e. The maximum atomic E-state index is 13.1. The van der Waals surface area contributed by atoms with Crippen LogP contribution in [0, 0.1) is 11.6 Å². The fourth-order valence-corrected chi connectivity index (χ4v) is 1.85. The summed E-state index contributed by atoms with van der Waals surface area (Å²) in [4.78, 5) is 21.5. The Kier molecular flexibility index (Phi) is 4.90. The van der Waals surface area contributed by atoms with Crippen molar-refractivity contribution in [3.63, 3.8) is 0 Å². The average Bonchev–Trinajstić information content (AvgIpc) is 2.20. The van der Waals surface area contributed by atoms with Crippen molar-refractivity contribution in [2.75, 3.05) is 16.8 Å². The number of rotatable bonds is 5. The largest absolute Gasteiger partial charge is 0.481 e. The summed E-state index contributed by atoms with van der Waals surface area (Å²) < 4.78 is 36.8. The van der Waals surface area contributed by atoms with Gasteiger partial charge in [-0.15, -0.1) is 0 Å². The first-order chi connectivity index (χ1) is 8.38. The quantitative estimate of drug-likeness (QED) is 0.831. The first-order valence-corrected chi connectivity index (χ1v) is 6.19. The van der Waals surface area contributed by atoms with E-state index in [-0.39, 0.29) is 5.69 Å². The van der Waals surface area contributed by atoms with Crippen LogP contribution in [0.3, 0.4) is 0 Å². The van der Waals surface area contributed by atoms with Crippen LogP contribution < -0.4 is 5.32 Å². The standard InChI is InChI=1S/C10H9F2NO4S/c11-6-1-2-8(7(12)3-6)13-9(14)4-18(17)5-10(15)16/h1-3H,4-5H2,(H,13,14)(H,15,16)/t18-/m0/s1. The van der Waals surface area contributed by atoms with Crippen molar-refractivity contribution < 1.29 is 27.7 Å². The molecule has 0 spiro atoms. The van der Waals surface area contributed by atoms with Crippen LogP contribution in [-0.4, -0.2) is 32.7 Å². The number of hydrogen-bond donors (Lipinski definition) is 2. The molecule has 0 saturated heterocycles. The van der Waals surface area contributed by atoms with E-state index in [1.165, 1.54) is 0 Å². The van der Waals surface area contributed by atoms with Crippen LogP contribution in [0.1, 0.15) is 0 Å². The molecule has 0 aliphatic carbocycles. The van der Waals surface area contributed by atoms with Gasteiger partial charge in [-0.05, 0) is 12.1 Å². The molecule has 98 valence electrons. The first-order valence-electron chi connectivity index (χ1n) is 4.70. The third-order valence-electron chi connectivity index (χ3n) is 1.78. The fraction of sp³-hybridized carbons (Fsp3) is 0.200. The Morgan fingerprint density at radius 1 is 1.28 bits per heavy atom. The summed E-state index contributed by atoms with van der Waals surface area (Å²) >= 11 is 0. The minimum Gasteiger partial charge on any atom is -0.481 e. The molecule has 8 heteroatoms. The number of amides is 1. The van der Waals surface area contributed by atoms with E-state index in [1.807, 2.05) is 0 Å². The number of hydrogen-bond acceptors (Lipinski definition) is 3. The maximum absolute atomic E-state index is 13.1. The molecule has 1 atom stereocenters. The highest BCUT2D eigenvalue weighted by molar-refractivity contribution is 7.86. The van der Waals surface area contributed by atoms with Crippen LogP contribution in [0.15, 0.2) is 18.2 Å². The topological polar surface area (TPSA) is 83.5 Å². The van der Waals surface area contributed by atoms with Gasteiger partial charge in [0.2, 0.25) is 5.91 Å². The number of anilines is 1. The van der Waals surface area contributed by atoms with E-state index in [0.717, 1.165) is 12.1 Å². The van der Waals surface area contributed by atoms with Gasteiger partial charge in [-0.2, -0.15) is 0 Å². The highest BCUT2D eigenvalue weighted by Crippen LogP contribution is 2.14. The van der Waals surface area contributed by atoms with Crippen molar-refractivity contribution in [3.05, 3.63) is 29.8 Å². The van der Waals surface area contributed by atoms with E-state index in [9.17, 15) is 22.6 Å². The van der Waals surface area contributed by atoms with Crippen LogP contribution in [-0.2, 0) is 20.4 Å². The fourth-order valence-electron chi connectivity index (χ4n) is 1.11. The molecular weight excluding hydrogens is 268 g/mol. The zero-order valence-corrected chi connectivity index (χ0v) is 9.80. The van der Waals surface area contributed by atoms with Crippen LogP contribution >= 0.6 is 0 Å². The Morgan fingerprint density at radius 2 is 1.94 bits per heavy atom. The van der Waals surface area contributed by atoms with Crippen molar-refractivity contribution >= 4 is 28.4 Å². The number of carbonyl (C=O) groups excluding carboxylic acids is 1. The Hall–Kier alpha value is -1.83. The highest BCUT2D eigenvalue weighted by atomic mass is 32.2. The van der Waals surface area contributed by atoms with Gasteiger partial charge < -0.3 is 10.4 Å². The number of nitrogens with one attached hydrogen (secondary N) is 1. The molecule has 1 rings (SSSR count). The molecule has 0 unspecified atom stereocenters. The van der Waals surface area contributed by atoms with Crippen molar-refractivity contribution in [1.29, 1.82) is 0 Å². The van der Waals surface area contributed by atoms with Crippen molar-refractivity contribution in [2.45, 2.75) is 0 Å². The van der Waals surface area contributed by atoms with Crippen LogP contribution in [0.5, 0.6) is 0 Å². The summed E-state index contributed by atoms with van der Waals surface area (Å²) in [6, 6.07) is 2.55.